The third-order valence-electron chi connectivity index (χ3n) is 6.66. The van der Waals surface area contributed by atoms with Crippen LogP contribution in [0.15, 0.2) is 40.8 Å². The first kappa shape index (κ1) is 25.1. The summed E-state index contributed by atoms with van der Waals surface area (Å²) in [5.41, 5.74) is 7.67. The molecular weight excluding hydrogens is 471 g/mol. The minimum absolute atomic E-state index is 0.234. The van der Waals surface area contributed by atoms with E-state index < -0.39 is 16.1 Å². The molecule has 2 N–H and O–H groups in total. The fourth-order valence-corrected chi connectivity index (χ4v) is 4.35. The smallest absolute Gasteiger partial charge is 0.248 e. The largest absolute Gasteiger partial charge is 0.420 e. The van der Waals surface area contributed by atoms with E-state index in [4.69, 9.17) is 10.2 Å². The summed E-state index contributed by atoms with van der Waals surface area (Å²) >= 11 is 0. The number of hydrogen-bond donors (Lipinski definition) is 1. The van der Waals surface area contributed by atoms with Crippen LogP contribution < -0.4 is 14.9 Å². The molecule has 1 aromatic carbocycles. The number of rotatable bonds is 9. The summed E-state index contributed by atoms with van der Waals surface area (Å²) in [4.78, 5) is 6.60. The first-order valence-corrected chi connectivity index (χ1v) is 13.3. The molecule has 2 aromatic heterocycles. The van der Waals surface area contributed by atoms with Gasteiger partial charge in [0.25, 0.3) is 0 Å². The molecule has 9 nitrogen and oxygen atoms in total. The van der Waals surface area contributed by atoms with Crippen LogP contribution in [0, 0.1) is 17.7 Å². The number of halogens is 1. The van der Waals surface area contributed by atoms with Crippen LogP contribution in [0.2, 0.25) is 0 Å². The van der Waals surface area contributed by atoms with Crippen LogP contribution >= 0.6 is 0 Å². The Labute approximate surface area is 205 Å². The highest BCUT2D eigenvalue weighted by atomic mass is 32.2. The maximum Gasteiger partial charge on any atom is 0.248 e. The van der Waals surface area contributed by atoms with Gasteiger partial charge in [0.1, 0.15) is 17.5 Å². The molecule has 0 aliphatic heterocycles. The molecule has 1 aliphatic carbocycles. The molecule has 0 amide bonds. The molecule has 0 saturated heterocycles. The Morgan fingerprint density at radius 2 is 1.80 bits per heavy atom. The van der Waals surface area contributed by atoms with E-state index in [1.165, 1.54) is 25.6 Å². The molecule has 35 heavy (non-hydrogen) atoms. The molecule has 0 spiro atoms. The van der Waals surface area contributed by atoms with Crippen molar-refractivity contribution in [1.82, 2.24) is 15.2 Å². The van der Waals surface area contributed by atoms with Crippen LogP contribution in [0.3, 0.4) is 0 Å². The summed E-state index contributed by atoms with van der Waals surface area (Å²) in [6, 6.07) is 8.93. The van der Waals surface area contributed by atoms with Gasteiger partial charge in [-0.25, -0.2) is 17.8 Å². The third-order valence-corrected chi connectivity index (χ3v) is 7.85. The Morgan fingerprint density at radius 1 is 1.17 bits per heavy atom. The van der Waals surface area contributed by atoms with Crippen molar-refractivity contribution in [3.8, 4) is 11.5 Å². The van der Waals surface area contributed by atoms with Gasteiger partial charge < -0.3 is 15.1 Å². The normalized spacial score (nSPS) is 19.3. The van der Waals surface area contributed by atoms with Gasteiger partial charge in [-0.05, 0) is 48.1 Å². The highest BCUT2D eigenvalue weighted by Crippen LogP contribution is 2.39. The SMILES string of the molecule is CC1CC1CN(C)c1cc(-c2nnc(C(C)C(N)c3ccc(F)cc3)o2)cc(N(C)S(C)(=O)=O)n1. The maximum atomic E-state index is 13.3. The molecule has 0 bridgehead atoms. The lowest BCUT2D eigenvalue weighted by Crippen LogP contribution is -2.27. The monoisotopic (exact) mass is 502 g/mol. The molecule has 2 heterocycles. The van der Waals surface area contributed by atoms with Gasteiger partial charge in [-0.1, -0.05) is 26.0 Å². The van der Waals surface area contributed by atoms with Gasteiger partial charge in [0.15, 0.2) is 0 Å². The van der Waals surface area contributed by atoms with E-state index in [1.807, 2.05) is 24.9 Å². The Balaban J connectivity index is 1.65. The zero-order chi connectivity index (χ0) is 25.5. The highest BCUT2D eigenvalue weighted by molar-refractivity contribution is 7.92. The number of aromatic nitrogens is 3. The average Bonchev–Trinajstić information content (AvgIpc) is 3.30. The van der Waals surface area contributed by atoms with E-state index in [0.29, 0.717) is 29.1 Å². The molecule has 0 radical (unpaired) electrons. The van der Waals surface area contributed by atoms with Crippen molar-refractivity contribution in [3.63, 3.8) is 0 Å². The predicted octanol–water partition coefficient (Wildman–Crippen LogP) is 3.56. The third kappa shape index (κ3) is 5.62. The summed E-state index contributed by atoms with van der Waals surface area (Å²) in [6.45, 7) is 4.89. The molecular formula is C24H31FN6O3S. The number of sulfonamides is 1. The quantitative estimate of drug-likeness (QED) is 0.472. The van der Waals surface area contributed by atoms with Gasteiger partial charge in [-0.15, -0.1) is 10.2 Å². The molecule has 4 rings (SSSR count). The van der Waals surface area contributed by atoms with Gasteiger partial charge in [0.2, 0.25) is 21.8 Å². The summed E-state index contributed by atoms with van der Waals surface area (Å²) in [7, 11) is -0.137. The van der Waals surface area contributed by atoms with Crippen LogP contribution in [0.5, 0.6) is 0 Å². The van der Waals surface area contributed by atoms with Crippen molar-refractivity contribution in [2.45, 2.75) is 32.2 Å². The van der Waals surface area contributed by atoms with E-state index in [-0.39, 0.29) is 23.4 Å². The molecule has 1 saturated carbocycles. The lowest BCUT2D eigenvalue weighted by atomic mass is 9.95. The van der Waals surface area contributed by atoms with E-state index in [9.17, 15) is 12.8 Å². The van der Waals surface area contributed by atoms with Crippen molar-refractivity contribution < 1.29 is 17.2 Å². The van der Waals surface area contributed by atoms with Crippen LogP contribution in [-0.2, 0) is 10.0 Å². The first-order valence-electron chi connectivity index (χ1n) is 11.5. The zero-order valence-corrected chi connectivity index (χ0v) is 21.3. The molecule has 4 atom stereocenters. The predicted molar refractivity (Wildman–Crippen MR) is 133 cm³/mol. The lowest BCUT2D eigenvalue weighted by molar-refractivity contribution is 0.431. The van der Waals surface area contributed by atoms with Crippen molar-refractivity contribution in [2.24, 2.45) is 17.6 Å². The number of benzene rings is 1. The van der Waals surface area contributed by atoms with Crippen molar-refractivity contribution in [1.29, 1.82) is 0 Å². The minimum Gasteiger partial charge on any atom is -0.420 e. The number of pyridine rings is 1. The molecule has 1 aliphatic rings. The first-order chi connectivity index (χ1) is 16.4. The molecule has 1 fully saturated rings. The van der Waals surface area contributed by atoms with Crippen molar-refractivity contribution in [2.75, 3.05) is 36.1 Å². The van der Waals surface area contributed by atoms with E-state index >= 15 is 0 Å². The van der Waals surface area contributed by atoms with E-state index in [1.54, 1.807) is 18.2 Å². The van der Waals surface area contributed by atoms with Crippen LogP contribution in [0.25, 0.3) is 11.5 Å². The number of nitrogens with two attached hydrogens (primary N) is 1. The van der Waals surface area contributed by atoms with Crippen LogP contribution in [0.4, 0.5) is 16.0 Å². The van der Waals surface area contributed by atoms with Gasteiger partial charge in [-0.3, -0.25) is 4.31 Å². The lowest BCUT2D eigenvalue weighted by Gasteiger charge is -2.22. The van der Waals surface area contributed by atoms with Crippen molar-refractivity contribution in [3.05, 3.63) is 53.7 Å². The number of anilines is 2. The van der Waals surface area contributed by atoms with E-state index in [2.05, 4.69) is 22.1 Å². The minimum atomic E-state index is -3.53. The standard InChI is InChI=1S/C24H31FN6O3S/c1-14-10-18(14)13-30(3)20-11-17(12-21(27-20)31(4)35(5,32)33)24-29-28-23(34-24)15(2)22(26)16-6-8-19(25)9-7-16/h6-9,11-12,14-15,18,22H,10,13,26H2,1-5H3. The molecule has 188 valence electrons. The topological polar surface area (TPSA) is 118 Å². The van der Waals surface area contributed by atoms with Crippen LogP contribution in [-0.4, -0.2) is 50.5 Å². The van der Waals surface area contributed by atoms with Gasteiger partial charge >= 0.3 is 0 Å². The Kier molecular flexibility index (Phi) is 6.83. The zero-order valence-electron chi connectivity index (χ0n) is 20.5. The Morgan fingerprint density at radius 3 is 2.40 bits per heavy atom. The summed E-state index contributed by atoms with van der Waals surface area (Å²) in [5.74, 6) is 2.02. The average molecular weight is 503 g/mol. The summed E-state index contributed by atoms with van der Waals surface area (Å²) < 4.78 is 44.8. The highest BCUT2D eigenvalue weighted by Gasteiger charge is 2.34. The van der Waals surface area contributed by atoms with Gasteiger partial charge in [0, 0.05) is 32.2 Å². The number of nitrogens with zero attached hydrogens (tertiary/aromatic N) is 5. The second-order valence-corrected chi connectivity index (χ2v) is 11.5. The summed E-state index contributed by atoms with van der Waals surface area (Å²) in [6.07, 6.45) is 2.29. The fourth-order valence-electron chi connectivity index (χ4n) is 3.91. The molecule has 3 aromatic rings. The number of hydrogen-bond acceptors (Lipinski definition) is 8. The fraction of sp³-hybridized carbons (Fsp3) is 0.458. The Bertz CT molecular complexity index is 1300. The van der Waals surface area contributed by atoms with Crippen LogP contribution in [0.1, 0.15) is 43.7 Å². The molecule has 4 unspecified atom stereocenters. The van der Waals surface area contributed by atoms with Gasteiger partial charge in [-0.2, -0.15) is 0 Å². The van der Waals surface area contributed by atoms with Gasteiger partial charge in [0.05, 0.1) is 12.2 Å². The Hall–Kier alpha value is -3.05. The second kappa shape index (κ2) is 9.54. The van der Waals surface area contributed by atoms with E-state index in [0.717, 1.165) is 22.7 Å². The maximum absolute atomic E-state index is 13.3. The second-order valence-electron chi connectivity index (χ2n) is 9.47. The van der Waals surface area contributed by atoms with Crippen molar-refractivity contribution >= 4 is 21.7 Å². The summed E-state index contributed by atoms with van der Waals surface area (Å²) in [5, 5.41) is 8.39. The molecule has 11 heteroatoms.